The van der Waals surface area contributed by atoms with E-state index in [1.807, 2.05) is 62.4 Å². The van der Waals surface area contributed by atoms with Gasteiger partial charge >= 0.3 is 6.03 Å². The first kappa shape index (κ1) is 25.0. The van der Waals surface area contributed by atoms with Gasteiger partial charge in [0, 0.05) is 5.56 Å². The van der Waals surface area contributed by atoms with E-state index in [1.54, 1.807) is 12.1 Å². The van der Waals surface area contributed by atoms with Gasteiger partial charge in [0.2, 0.25) is 0 Å². The van der Waals surface area contributed by atoms with E-state index in [0.717, 1.165) is 32.4 Å². The third-order valence-corrected chi connectivity index (χ3v) is 7.04. The minimum atomic E-state index is -0.774. The van der Waals surface area contributed by atoms with E-state index < -0.39 is 17.8 Å². The first-order valence-electron chi connectivity index (χ1n) is 12.4. The van der Waals surface area contributed by atoms with Gasteiger partial charge in [-0.25, -0.2) is 9.69 Å². The number of ether oxygens (including phenoxy) is 1. The van der Waals surface area contributed by atoms with Gasteiger partial charge in [0.25, 0.3) is 11.8 Å². The number of nitrogens with zero attached hydrogens (tertiary/aromatic N) is 1. The Labute approximate surface area is 221 Å². The first-order valence-corrected chi connectivity index (χ1v) is 12.4. The number of urea groups is 1. The Morgan fingerprint density at radius 3 is 2.24 bits per heavy atom. The number of carbonyl (C=O) groups excluding carboxylic acids is 3. The van der Waals surface area contributed by atoms with Crippen LogP contribution < -0.4 is 15.0 Å². The lowest BCUT2D eigenvalue weighted by atomic mass is 9.99. The minimum absolute atomic E-state index is 0.143. The van der Waals surface area contributed by atoms with Crippen molar-refractivity contribution in [2.24, 2.45) is 0 Å². The van der Waals surface area contributed by atoms with E-state index in [1.165, 1.54) is 17.2 Å². The number of carbonyl (C=O) groups is 3. The van der Waals surface area contributed by atoms with Gasteiger partial charge in [-0.05, 0) is 90.6 Å². The maximum Gasteiger partial charge on any atom is 0.335 e. The molecule has 1 saturated heterocycles. The zero-order valence-corrected chi connectivity index (χ0v) is 21.8. The number of barbiturate groups is 1. The van der Waals surface area contributed by atoms with Crippen LogP contribution in [0.1, 0.15) is 33.4 Å². The molecule has 6 heteroatoms. The van der Waals surface area contributed by atoms with E-state index in [-0.39, 0.29) is 5.57 Å². The Kier molecular flexibility index (Phi) is 6.55. The Balaban J connectivity index is 1.57. The smallest absolute Gasteiger partial charge is 0.335 e. The Morgan fingerprint density at radius 1 is 0.789 bits per heavy atom. The summed E-state index contributed by atoms with van der Waals surface area (Å²) in [4.78, 5) is 40.2. The van der Waals surface area contributed by atoms with Crippen molar-refractivity contribution in [1.29, 1.82) is 0 Å². The maximum absolute atomic E-state index is 13.6. The van der Waals surface area contributed by atoms with Gasteiger partial charge in [0.1, 0.15) is 17.9 Å². The zero-order chi connectivity index (χ0) is 27.0. The van der Waals surface area contributed by atoms with E-state index in [2.05, 4.69) is 31.3 Å². The van der Waals surface area contributed by atoms with Crippen molar-refractivity contribution < 1.29 is 19.1 Å². The SMILES string of the molecule is Cc1ccc(COc2ccc3ccccc3c2/C=C2\C(=O)NC(=O)N(c3ccc(C)c(C)c3)C2=O)cc1C. The van der Waals surface area contributed by atoms with Crippen molar-refractivity contribution in [3.8, 4) is 5.75 Å². The van der Waals surface area contributed by atoms with Gasteiger partial charge in [-0.15, -0.1) is 0 Å². The fourth-order valence-electron chi connectivity index (χ4n) is 4.51. The summed E-state index contributed by atoms with van der Waals surface area (Å²) in [7, 11) is 0. The Hall–Kier alpha value is -4.71. The summed E-state index contributed by atoms with van der Waals surface area (Å²) in [6.45, 7) is 8.30. The molecule has 4 amide bonds. The number of hydrogen-bond donors (Lipinski definition) is 1. The molecule has 1 aliphatic heterocycles. The largest absolute Gasteiger partial charge is 0.488 e. The molecular formula is C32H28N2O4. The molecular weight excluding hydrogens is 476 g/mol. The summed E-state index contributed by atoms with van der Waals surface area (Å²) in [6.07, 6.45) is 1.52. The molecule has 1 N–H and O–H groups in total. The summed E-state index contributed by atoms with van der Waals surface area (Å²) in [6, 6.07) is 22.2. The molecule has 4 aromatic carbocycles. The lowest BCUT2D eigenvalue weighted by molar-refractivity contribution is -0.122. The van der Waals surface area contributed by atoms with Gasteiger partial charge in [0.05, 0.1) is 5.69 Å². The number of anilines is 1. The quantitative estimate of drug-likeness (QED) is 0.255. The van der Waals surface area contributed by atoms with E-state index in [9.17, 15) is 14.4 Å². The third-order valence-electron chi connectivity index (χ3n) is 7.04. The number of fused-ring (bicyclic) bond motifs is 1. The van der Waals surface area contributed by atoms with Crippen LogP contribution in [0.5, 0.6) is 5.75 Å². The zero-order valence-electron chi connectivity index (χ0n) is 21.8. The second-order valence-electron chi connectivity index (χ2n) is 9.63. The molecule has 1 heterocycles. The topological polar surface area (TPSA) is 75.7 Å². The number of imide groups is 2. The van der Waals surface area contributed by atoms with Crippen LogP contribution in [0.25, 0.3) is 16.8 Å². The van der Waals surface area contributed by atoms with Crippen molar-refractivity contribution in [3.05, 3.63) is 112 Å². The molecule has 1 aliphatic rings. The van der Waals surface area contributed by atoms with Crippen LogP contribution in [-0.2, 0) is 16.2 Å². The fraction of sp³-hybridized carbons (Fsp3) is 0.156. The van der Waals surface area contributed by atoms with Crippen LogP contribution in [0, 0.1) is 27.7 Å². The average molecular weight is 505 g/mol. The lowest BCUT2D eigenvalue weighted by Crippen LogP contribution is -2.54. The van der Waals surface area contributed by atoms with Gasteiger partial charge in [0.15, 0.2) is 0 Å². The summed E-state index contributed by atoms with van der Waals surface area (Å²) >= 11 is 0. The van der Waals surface area contributed by atoms with Crippen LogP contribution in [0.4, 0.5) is 10.5 Å². The summed E-state index contributed by atoms with van der Waals surface area (Å²) in [5.74, 6) is -0.896. The molecule has 0 aromatic heterocycles. The number of aryl methyl sites for hydroxylation is 4. The van der Waals surface area contributed by atoms with Gasteiger partial charge < -0.3 is 4.74 Å². The maximum atomic E-state index is 13.6. The molecule has 190 valence electrons. The highest BCUT2D eigenvalue weighted by atomic mass is 16.5. The fourth-order valence-corrected chi connectivity index (χ4v) is 4.51. The summed E-state index contributed by atoms with van der Waals surface area (Å²) in [5, 5.41) is 4.08. The molecule has 6 nitrogen and oxygen atoms in total. The van der Waals surface area contributed by atoms with Crippen molar-refractivity contribution in [1.82, 2.24) is 5.32 Å². The van der Waals surface area contributed by atoms with Crippen molar-refractivity contribution in [2.45, 2.75) is 34.3 Å². The van der Waals surface area contributed by atoms with Crippen LogP contribution >= 0.6 is 0 Å². The molecule has 0 spiro atoms. The van der Waals surface area contributed by atoms with Crippen molar-refractivity contribution in [3.63, 3.8) is 0 Å². The normalized spacial score (nSPS) is 14.8. The molecule has 0 aliphatic carbocycles. The van der Waals surface area contributed by atoms with Crippen LogP contribution in [0.2, 0.25) is 0 Å². The molecule has 0 bridgehead atoms. The van der Waals surface area contributed by atoms with Crippen LogP contribution in [0.15, 0.2) is 78.4 Å². The van der Waals surface area contributed by atoms with E-state index in [0.29, 0.717) is 23.6 Å². The summed E-state index contributed by atoms with van der Waals surface area (Å²) in [5.41, 5.74) is 6.21. The Bertz CT molecular complexity index is 1650. The third kappa shape index (κ3) is 4.68. The van der Waals surface area contributed by atoms with Crippen molar-refractivity contribution >= 4 is 40.4 Å². The number of benzene rings is 4. The number of rotatable bonds is 5. The van der Waals surface area contributed by atoms with Crippen LogP contribution in [-0.4, -0.2) is 17.8 Å². The highest BCUT2D eigenvalue weighted by Crippen LogP contribution is 2.32. The molecule has 0 atom stereocenters. The molecule has 38 heavy (non-hydrogen) atoms. The minimum Gasteiger partial charge on any atom is -0.488 e. The predicted molar refractivity (Wildman–Crippen MR) is 149 cm³/mol. The van der Waals surface area contributed by atoms with Gasteiger partial charge in [-0.3, -0.25) is 14.9 Å². The predicted octanol–water partition coefficient (Wildman–Crippen LogP) is 6.32. The van der Waals surface area contributed by atoms with E-state index >= 15 is 0 Å². The van der Waals surface area contributed by atoms with Gasteiger partial charge in [-0.2, -0.15) is 0 Å². The second kappa shape index (κ2) is 9.98. The monoisotopic (exact) mass is 504 g/mol. The number of amides is 4. The Morgan fingerprint density at radius 2 is 1.50 bits per heavy atom. The van der Waals surface area contributed by atoms with Gasteiger partial charge in [-0.1, -0.05) is 54.6 Å². The molecule has 1 fully saturated rings. The number of hydrogen-bond acceptors (Lipinski definition) is 4. The molecule has 0 unspecified atom stereocenters. The van der Waals surface area contributed by atoms with Crippen LogP contribution in [0.3, 0.4) is 0 Å². The molecule has 4 aromatic rings. The first-order chi connectivity index (χ1) is 18.2. The van der Waals surface area contributed by atoms with E-state index in [4.69, 9.17) is 4.74 Å². The highest BCUT2D eigenvalue weighted by Gasteiger charge is 2.37. The average Bonchev–Trinajstić information content (AvgIpc) is 2.89. The second-order valence-corrected chi connectivity index (χ2v) is 9.63. The number of nitrogens with one attached hydrogen (secondary N) is 1. The molecule has 0 saturated carbocycles. The molecule has 5 rings (SSSR count). The lowest BCUT2D eigenvalue weighted by Gasteiger charge is -2.27. The highest BCUT2D eigenvalue weighted by molar-refractivity contribution is 6.39. The summed E-state index contributed by atoms with van der Waals surface area (Å²) < 4.78 is 6.23. The standard InChI is InChI=1S/C32H28N2O4/c1-19-9-11-23(15-21(19)3)18-38-29-14-12-24-7-5-6-8-26(24)27(29)17-28-30(35)33-32(37)34(31(28)36)25-13-10-20(2)22(4)16-25/h5-17H,18H2,1-4H3,(H,33,35,37)/b28-17+. The van der Waals surface area contributed by atoms with Crippen molar-refractivity contribution in [2.75, 3.05) is 4.90 Å². The molecule has 0 radical (unpaired) electrons.